The molecule has 0 saturated heterocycles. The number of sulfonamides is 1. The Hall–Kier alpha value is -2.32. The largest absolute Gasteiger partial charge is 0.303 e. The second-order valence-electron chi connectivity index (χ2n) is 5.64. The molecule has 8 heteroatoms. The van der Waals surface area contributed by atoms with Gasteiger partial charge in [0, 0.05) is 10.2 Å². The van der Waals surface area contributed by atoms with Crippen LogP contribution in [0.3, 0.4) is 0 Å². The maximum atomic E-state index is 13.1. The smallest absolute Gasteiger partial charge is 0.264 e. The Kier molecular flexibility index (Phi) is 7.44. The average Bonchev–Trinajstić information content (AvgIpc) is 2.68. The summed E-state index contributed by atoms with van der Waals surface area (Å²) in [5, 5.41) is 0. The minimum absolute atomic E-state index is 0.122. The lowest BCUT2D eigenvalue weighted by molar-refractivity contribution is -0.120. The molecule has 2 N–H and O–H groups in total. The van der Waals surface area contributed by atoms with Gasteiger partial charge in [-0.1, -0.05) is 47.1 Å². The van der Waals surface area contributed by atoms with Gasteiger partial charge in [0.2, 0.25) is 0 Å². The van der Waals surface area contributed by atoms with E-state index < -0.39 is 15.9 Å². The normalized spacial score (nSPS) is 11.7. The molecular formula is C19H22BrN3O3S. The quantitative estimate of drug-likeness (QED) is 0.601. The highest BCUT2D eigenvalue weighted by Gasteiger charge is 2.27. The first-order valence-corrected chi connectivity index (χ1v) is 10.6. The number of anilines is 1. The van der Waals surface area contributed by atoms with Gasteiger partial charge in [-0.15, -0.1) is 0 Å². The van der Waals surface area contributed by atoms with Crippen molar-refractivity contribution in [2.45, 2.75) is 25.2 Å². The van der Waals surface area contributed by atoms with E-state index in [-0.39, 0.29) is 11.4 Å². The zero-order chi connectivity index (χ0) is 19.9. The summed E-state index contributed by atoms with van der Waals surface area (Å²) in [7, 11) is -3.90. The van der Waals surface area contributed by atoms with Gasteiger partial charge in [0.05, 0.1) is 10.6 Å². The molecule has 27 heavy (non-hydrogen) atoms. The van der Waals surface area contributed by atoms with Gasteiger partial charge in [-0.3, -0.25) is 14.5 Å². The van der Waals surface area contributed by atoms with Crippen molar-refractivity contribution in [2.75, 3.05) is 10.8 Å². The van der Waals surface area contributed by atoms with Crippen LogP contribution >= 0.6 is 15.9 Å². The zero-order valence-electron chi connectivity index (χ0n) is 15.1. The van der Waals surface area contributed by atoms with Gasteiger partial charge in [-0.2, -0.15) is 0 Å². The van der Waals surface area contributed by atoms with Crippen LogP contribution in [0.25, 0.3) is 0 Å². The molecule has 0 atom stereocenters. The molecule has 0 heterocycles. The number of nitrogens with one attached hydrogen (secondary N) is 2. The van der Waals surface area contributed by atoms with Crippen LogP contribution in [-0.4, -0.2) is 20.9 Å². The van der Waals surface area contributed by atoms with E-state index in [0.717, 1.165) is 20.9 Å². The molecule has 2 rings (SSSR count). The summed E-state index contributed by atoms with van der Waals surface area (Å²) in [4.78, 5) is 12.5. The summed E-state index contributed by atoms with van der Waals surface area (Å²) in [5.41, 5.74) is 6.60. The van der Waals surface area contributed by atoms with Gasteiger partial charge in [0.25, 0.3) is 15.9 Å². The predicted octanol–water partition coefficient (Wildman–Crippen LogP) is 3.58. The predicted molar refractivity (Wildman–Crippen MR) is 110 cm³/mol. The highest BCUT2D eigenvalue weighted by Crippen LogP contribution is 2.25. The van der Waals surface area contributed by atoms with Crippen LogP contribution in [0, 0.1) is 0 Å². The van der Waals surface area contributed by atoms with Gasteiger partial charge in [-0.05, 0) is 49.7 Å². The van der Waals surface area contributed by atoms with Crippen LogP contribution in [0.5, 0.6) is 0 Å². The fraction of sp³-hybridized carbons (Fsp3) is 0.211. The number of amides is 1. The number of hydrogen-bond donors (Lipinski definition) is 2. The van der Waals surface area contributed by atoms with Gasteiger partial charge in [0.1, 0.15) is 6.54 Å². The molecule has 0 aliphatic carbocycles. The highest BCUT2D eigenvalue weighted by atomic mass is 79.9. The van der Waals surface area contributed by atoms with Crippen molar-refractivity contribution in [1.82, 2.24) is 10.9 Å². The first kappa shape index (κ1) is 21.0. The molecule has 2 aromatic carbocycles. The zero-order valence-corrected chi connectivity index (χ0v) is 17.5. The lowest BCUT2D eigenvalue weighted by Gasteiger charge is -2.24. The molecular weight excluding hydrogens is 430 g/mol. The van der Waals surface area contributed by atoms with E-state index in [0.29, 0.717) is 5.69 Å². The fourth-order valence-electron chi connectivity index (χ4n) is 2.33. The van der Waals surface area contributed by atoms with Crippen LogP contribution in [0.15, 0.2) is 75.7 Å². The third-order valence-corrected chi connectivity index (χ3v) is 6.14. The number of hydrogen-bond acceptors (Lipinski definition) is 4. The van der Waals surface area contributed by atoms with Gasteiger partial charge in [-0.25, -0.2) is 8.42 Å². The van der Waals surface area contributed by atoms with Crippen molar-refractivity contribution in [2.24, 2.45) is 0 Å². The number of rotatable bonds is 8. The summed E-state index contributed by atoms with van der Waals surface area (Å²) < 4.78 is 28.1. The number of carbonyl (C=O) groups is 1. The first-order chi connectivity index (χ1) is 12.9. The van der Waals surface area contributed by atoms with Crippen LogP contribution in [0.1, 0.15) is 20.3 Å². The lowest BCUT2D eigenvalue weighted by atomic mass is 10.3. The number of allylic oxidation sites excluding steroid dienone is 2. The van der Waals surface area contributed by atoms with Gasteiger partial charge >= 0.3 is 0 Å². The third-order valence-electron chi connectivity index (χ3n) is 3.82. The monoisotopic (exact) mass is 451 g/mol. The molecule has 0 bridgehead atoms. The van der Waals surface area contributed by atoms with Crippen molar-refractivity contribution in [3.8, 4) is 0 Å². The van der Waals surface area contributed by atoms with Gasteiger partial charge < -0.3 is 5.43 Å². The molecule has 0 saturated carbocycles. The van der Waals surface area contributed by atoms with Crippen LogP contribution in [0.2, 0.25) is 0 Å². The van der Waals surface area contributed by atoms with E-state index in [1.165, 1.54) is 12.1 Å². The summed E-state index contributed by atoms with van der Waals surface area (Å²) in [6.45, 7) is 3.45. The molecule has 2 aromatic rings. The van der Waals surface area contributed by atoms with E-state index >= 15 is 0 Å². The summed E-state index contributed by atoms with van der Waals surface area (Å²) >= 11 is 3.33. The molecule has 0 unspecified atom stereocenters. The van der Waals surface area contributed by atoms with Crippen molar-refractivity contribution >= 4 is 37.5 Å². The van der Waals surface area contributed by atoms with Crippen molar-refractivity contribution in [1.29, 1.82) is 0 Å². The Labute approximate surface area is 168 Å². The van der Waals surface area contributed by atoms with Gasteiger partial charge in [0.15, 0.2) is 0 Å². The van der Waals surface area contributed by atoms with Crippen LogP contribution < -0.4 is 15.2 Å². The number of nitrogens with zero attached hydrogens (tertiary/aromatic N) is 1. The molecule has 0 radical (unpaired) electrons. The van der Waals surface area contributed by atoms with E-state index in [9.17, 15) is 13.2 Å². The number of carbonyl (C=O) groups excluding carboxylic acids is 1. The minimum atomic E-state index is -3.90. The standard InChI is InChI=1S/C19H22BrN3O3S/c1-3-16(4-2)21-22-19(24)14-23(17-12-10-15(20)11-13-17)27(25,26)18-8-6-5-7-9-18/h3,5-13,21H,4,14H2,1-2H3,(H,22,24). The lowest BCUT2D eigenvalue weighted by Crippen LogP contribution is -2.45. The molecule has 0 fully saturated rings. The van der Waals surface area contributed by atoms with E-state index in [1.54, 1.807) is 42.5 Å². The topological polar surface area (TPSA) is 78.5 Å². The Morgan fingerprint density at radius 1 is 1.07 bits per heavy atom. The molecule has 6 nitrogen and oxygen atoms in total. The molecule has 0 aromatic heterocycles. The molecule has 0 aliphatic heterocycles. The maximum Gasteiger partial charge on any atom is 0.264 e. The van der Waals surface area contributed by atoms with E-state index in [1.807, 2.05) is 19.9 Å². The number of hydrazine groups is 1. The first-order valence-electron chi connectivity index (χ1n) is 8.42. The Morgan fingerprint density at radius 3 is 2.26 bits per heavy atom. The van der Waals surface area contributed by atoms with Crippen molar-refractivity contribution in [3.05, 3.63) is 70.8 Å². The van der Waals surface area contributed by atoms with Crippen molar-refractivity contribution < 1.29 is 13.2 Å². The van der Waals surface area contributed by atoms with E-state index in [2.05, 4.69) is 26.8 Å². The summed E-state index contributed by atoms with van der Waals surface area (Å²) in [5.74, 6) is -0.467. The molecule has 0 spiro atoms. The molecule has 1 amide bonds. The Morgan fingerprint density at radius 2 is 1.70 bits per heavy atom. The molecule has 144 valence electrons. The Balaban J connectivity index is 2.31. The summed E-state index contributed by atoms with van der Waals surface area (Å²) in [6, 6.07) is 14.8. The maximum absolute atomic E-state index is 13.1. The van der Waals surface area contributed by atoms with Crippen molar-refractivity contribution in [3.63, 3.8) is 0 Å². The average molecular weight is 452 g/mol. The number of halogens is 1. The molecule has 0 aliphatic rings. The summed E-state index contributed by atoms with van der Waals surface area (Å²) in [6.07, 6.45) is 2.56. The second kappa shape index (κ2) is 9.57. The van der Waals surface area contributed by atoms with E-state index in [4.69, 9.17) is 0 Å². The third kappa shape index (κ3) is 5.58. The van der Waals surface area contributed by atoms with Crippen LogP contribution in [0.4, 0.5) is 5.69 Å². The highest BCUT2D eigenvalue weighted by molar-refractivity contribution is 9.10. The Bertz CT molecular complexity index is 898. The SMILES string of the molecule is CC=C(CC)NNC(=O)CN(c1ccc(Br)cc1)S(=O)(=O)c1ccccc1. The second-order valence-corrected chi connectivity index (χ2v) is 8.42. The van der Waals surface area contributed by atoms with Crippen LogP contribution in [-0.2, 0) is 14.8 Å². The minimum Gasteiger partial charge on any atom is -0.303 e. The fourth-order valence-corrected chi connectivity index (χ4v) is 4.03. The number of benzene rings is 2.